The molecule has 0 bridgehead atoms. The molecular weight excluding hydrogens is 470 g/mol. The molecule has 0 aliphatic carbocycles. The molecule has 10 heteroatoms. The van der Waals surface area contributed by atoms with Crippen molar-refractivity contribution in [2.24, 2.45) is 0 Å². The normalized spacial score (nSPS) is 18.1. The molecule has 4 rings (SSSR count). The van der Waals surface area contributed by atoms with Crippen LogP contribution in [0.2, 0.25) is 0 Å². The van der Waals surface area contributed by atoms with Crippen molar-refractivity contribution < 1.29 is 26.0 Å². The first-order valence-corrected chi connectivity index (χ1v) is 14.0. The van der Waals surface area contributed by atoms with E-state index in [2.05, 4.69) is 0 Å². The van der Waals surface area contributed by atoms with Crippen LogP contribution in [0, 0.1) is 0 Å². The Hall–Kier alpha value is -2.27. The zero-order valence-electron chi connectivity index (χ0n) is 17.4. The van der Waals surface area contributed by atoms with Crippen LogP contribution in [0.15, 0.2) is 86.0 Å². The van der Waals surface area contributed by atoms with Crippen LogP contribution in [-0.4, -0.2) is 45.8 Å². The third kappa shape index (κ3) is 5.20. The number of rotatable bonds is 8. The molecule has 1 aliphatic heterocycles. The summed E-state index contributed by atoms with van der Waals surface area (Å²) in [5.41, 5.74) is 0. The fourth-order valence-electron chi connectivity index (χ4n) is 3.55. The van der Waals surface area contributed by atoms with E-state index < -0.39 is 25.9 Å². The summed E-state index contributed by atoms with van der Waals surface area (Å²) < 4.78 is 63.4. The molecule has 170 valence electrons. The molecule has 0 radical (unpaired) electrons. The molecule has 7 nitrogen and oxygen atoms in total. The molecule has 1 aromatic heterocycles. The quantitative estimate of drug-likeness (QED) is 0.471. The fourth-order valence-corrected chi connectivity index (χ4v) is 7.81. The van der Waals surface area contributed by atoms with Crippen molar-refractivity contribution >= 4 is 31.6 Å². The Morgan fingerprint density at radius 1 is 1.06 bits per heavy atom. The minimum atomic E-state index is -3.96. The van der Waals surface area contributed by atoms with Gasteiger partial charge in [-0.3, -0.25) is 0 Å². The molecule has 3 aromatic rings. The Balaban J connectivity index is 1.61. The van der Waals surface area contributed by atoms with Crippen molar-refractivity contribution in [1.29, 1.82) is 0 Å². The summed E-state index contributed by atoms with van der Waals surface area (Å²) in [6.45, 7) is -0.0517. The van der Waals surface area contributed by atoms with Crippen LogP contribution in [0.3, 0.4) is 0 Å². The molecule has 0 spiro atoms. The van der Waals surface area contributed by atoms with Gasteiger partial charge in [0.05, 0.1) is 30.1 Å². The highest BCUT2D eigenvalue weighted by Gasteiger charge is 2.39. The number of methoxy groups -OCH3 is 1. The van der Waals surface area contributed by atoms with Gasteiger partial charge in [0.25, 0.3) is 0 Å². The summed E-state index contributed by atoms with van der Waals surface area (Å²) in [5, 5.41) is 0.632. The topological polar surface area (TPSA) is 93.9 Å². The van der Waals surface area contributed by atoms with Crippen molar-refractivity contribution in [1.82, 2.24) is 4.31 Å². The minimum Gasteiger partial charge on any atom is -0.497 e. The van der Waals surface area contributed by atoms with Crippen LogP contribution < -0.4 is 4.74 Å². The van der Waals surface area contributed by atoms with Gasteiger partial charge < -0.3 is 9.15 Å². The standard InChI is InChI=1S/C22H23NO6S3/c1-28-18-7-10-21(11-8-18)32(26,27)23(17-13-14-31(24,25)16-17)15-19-9-12-22(29-19)30-20-5-3-2-4-6-20/h2-12,17H,13-16H2,1H3/t17-/m1/s1. The maximum absolute atomic E-state index is 13.5. The van der Waals surface area contributed by atoms with E-state index in [0.29, 0.717) is 16.6 Å². The zero-order valence-corrected chi connectivity index (χ0v) is 19.8. The van der Waals surface area contributed by atoms with Crippen LogP contribution in [-0.2, 0) is 26.4 Å². The minimum absolute atomic E-state index is 0.0282. The molecule has 0 saturated carbocycles. The van der Waals surface area contributed by atoms with E-state index >= 15 is 0 Å². The van der Waals surface area contributed by atoms with Crippen LogP contribution in [0.1, 0.15) is 12.2 Å². The summed E-state index contributed by atoms with van der Waals surface area (Å²) in [5.74, 6) is 0.756. The van der Waals surface area contributed by atoms with Gasteiger partial charge in [0.1, 0.15) is 11.5 Å². The zero-order chi connectivity index (χ0) is 22.8. The van der Waals surface area contributed by atoms with Gasteiger partial charge >= 0.3 is 0 Å². The van der Waals surface area contributed by atoms with E-state index in [9.17, 15) is 16.8 Å². The summed E-state index contributed by atoms with van der Waals surface area (Å²) in [4.78, 5) is 1.08. The number of hydrogen-bond acceptors (Lipinski definition) is 7. The number of hydrogen-bond donors (Lipinski definition) is 0. The number of nitrogens with zero attached hydrogens (tertiary/aromatic N) is 1. The average Bonchev–Trinajstić information content (AvgIpc) is 3.38. The second kappa shape index (κ2) is 9.30. The first kappa shape index (κ1) is 22.9. The highest BCUT2D eigenvalue weighted by Crippen LogP contribution is 2.32. The van der Waals surface area contributed by atoms with Gasteiger partial charge in [-0.1, -0.05) is 30.0 Å². The molecule has 2 aromatic carbocycles. The van der Waals surface area contributed by atoms with Crippen LogP contribution in [0.4, 0.5) is 0 Å². The van der Waals surface area contributed by atoms with Gasteiger partial charge in [-0.15, -0.1) is 0 Å². The number of benzene rings is 2. The van der Waals surface area contributed by atoms with Crippen molar-refractivity contribution in [3.05, 3.63) is 72.5 Å². The summed E-state index contributed by atoms with van der Waals surface area (Å²) in [6, 6.07) is 18.6. The molecule has 2 heterocycles. The number of furan rings is 1. The van der Waals surface area contributed by atoms with E-state index in [1.807, 2.05) is 30.3 Å². The average molecular weight is 494 g/mol. The Morgan fingerprint density at radius 2 is 1.78 bits per heavy atom. The number of sulfone groups is 1. The number of ether oxygens (including phenoxy) is 1. The smallest absolute Gasteiger partial charge is 0.243 e. The van der Waals surface area contributed by atoms with Crippen LogP contribution in [0.5, 0.6) is 5.75 Å². The van der Waals surface area contributed by atoms with Gasteiger partial charge in [-0.25, -0.2) is 16.8 Å². The lowest BCUT2D eigenvalue weighted by molar-refractivity contribution is 0.296. The Kier molecular flexibility index (Phi) is 6.66. The lowest BCUT2D eigenvalue weighted by Crippen LogP contribution is -2.40. The van der Waals surface area contributed by atoms with Gasteiger partial charge in [-0.2, -0.15) is 4.31 Å². The van der Waals surface area contributed by atoms with Crippen molar-refractivity contribution in [3.63, 3.8) is 0 Å². The van der Waals surface area contributed by atoms with E-state index in [-0.39, 0.29) is 29.4 Å². The molecule has 0 N–H and O–H groups in total. The first-order chi connectivity index (χ1) is 15.3. The second-order valence-corrected chi connectivity index (χ2v) is 12.6. The Bertz CT molecular complexity index is 1270. The summed E-state index contributed by atoms with van der Waals surface area (Å²) in [6.07, 6.45) is 0.254. The molecule has 1 atom stereocenters. The molecule has 1 saturated heterocycles. The fraction of sp³-hybridized carbons (Fsp3) is 0.273. The van der Waals surface area contributed by atoms with E-state index in [0.717, 1.165) is 4.90 Å². The lowest BCUT2D eigenvalue weighted by atomic mass is 10.2. The molecule has 1 aliphatic rings. The van der Waals surface area contributed by atoms with Gasteiger partial charge in [-0.05, 0) is 55.0 Å². The number of sulfonamides is 1. The molecule has 1 fully saturated rings. The van der Waals surface area contributed by atoms with E-state index in [4.69, 9.17) is 9.15 Å². The monoisotopic (exact) mass is 493 g/mol. The van der Waals surface area contributed by atoms with Crippen LogP contribution in [0.25, 0.3) is 0 Å². The maximum Gasteiger partial charge on any atom is 0.243 e. The van der Waals surface area contributed by atoms with Crippen molar-refractivity contribution in [3.8, 4) is 5.75 Å². The largest absolute Gasteiger partial charge is 0.497 e. The molecule has 32 heavy (non-hydrogen) atoms. The van der Waals surface area contributed by atoms with Crippen molar-refractivity contribution in [2.75, 3.05) is 18.6 Å². The van der Waals surface area contributed by atoms with E-state index in [1.165, 1.54) is 35.3 Å². The van der Waals surface area contributed by atoms with Crippen molar-refractivity contribution in [2.45, 2.75) is 33.9 Å². The molecular formula is C22H23NO6S3. The third-order valence-electron chi connectivity index (χ3n) is 5.19. The first-order valence-electron chi connectivity index (χ1n) is 9.95. The highest BCUT2D eigenvalue weighted by atomic mass is 32.2. The SMILES string of the molecule is COc1ccc(S(=O)(=O)N(Cc2ccc(Sc3ccccc3)o2)[C@@H]2CCS(=O)(=O)C2)cc1. The Morgan fingerprint density at radius 3 is 2.41 bits per heavy atom. The van der Waals surface area contributed by atoms with E-state index in [1.54, 1.807) is 24.3 Å². The lowest BCUT2D eigenvalue weighted by Gasteiger charge is -2.26. The second-order valence-electron chi connectivity index (χ2n) is 7.42. The van der Waals surface area contributed by atoms with Gasteiger partial charge in [0.15, 0.2) is 14.9 Å². The Labute approximate surface area is 192 Å². The van der Waals surface area contributed by atoms with Gasteiger partial charge in [0, 0.05) is 10.9 Å². The van der Waals surface area contributed by atoms with Gasteiger partial charge in [0.2, 0.25) is 10.0 Å². The molecule has 0 unspecified atom stereocenters. The third-order valence-corrected chi connectivity index (χ3v) is 9.78. The maximum atomic E-state index is 13.5. The summed E-state index contributed by atoms with van der Waals surface area (Å²) >= 11 is 1.43. The predicted octanol–water partition coefficient (Wildman–Crippen LogP) is 3.82. The molecule has 0 amide bonds. The highest BCUT2D eigenvalue weighted by molar-refractivity contribution is 7.99. The van der Waals surface area contributed by atoms with Crippen LogP contribution >= 0.6 is 11.8 Å². The predicted molar refractivity (Wildman–Crippen MR) is 122 cm³/mol. The summed E-state index contributed by atoms with van der Waals surface area (Å²) in [7, 11) is -5.74.